The maximum Gasteiger partial charge on any atom is 0.234 e. The van der Waals surface area contributed by atoms with E-state index in [9.17, 15) is 4.39 Å². The van der Waals surface area contributed by atoms with Gasteiger partial charge in [0.2, 0.25) is 6.71 Å². The van der Waals surface area contributed by atoms with Gasteiger partial charge in [-0.15, -0.1) is 0 Å². The Morgan fingerprint density at radius 3 is 0.827 bits per heavy atom. The minimum atomic E-state index is -2.64. The Morgan fingerprint density at radius 1 is 0.385 bits per heavy atom. The fourth-order valence-corrected chi connectivity index (χ4v) is 11.9. The molecular formula is C44H60BF5Si2. The number of hydrogen-bond donors (Lipinski definition) is 0. The Bertz CT molecular complexity index is 1780. The second-order valence-electron chi connectivity index (χ2n) is 21.1. The minimum Gasteiger partial charge on any atom is -0.204 e. The molecule has 0 spiro atoms. The normalized spacial score (nSPS) is 15.4. The summed E-state index contributed by atoms with van der Waals surface area (Å²) >= 11 is 0. The van der Waals surface area contributed by atoms with Crippen molar-refractivity contribution in [2.45, 2.75) is 144 Å². The molecule has 0 aliphatic carbocycles. The molecule has 0 atom stereocenters. The SMILES string of the molecule is CC(C)(C)c1cc(C2=C([Si](C)(C)C)B(c3c(F)c(F)c(F)c(F)c3F)C([Si](C)(C)C)=C2c2cc(C(C)(C)C)cc(C(C)(C)C)c2)cc(C(C)(C)C)c1. The maximum absolute atomic E-state index is 16.4. The van der Waals surface area contributed by atoms with Gasteiger partial charge < -0.3 is 0 Å². The lowest BCUT2D eigenvalue weighted by atomic mass is 9.44. The number of rotatable bonds is 5. The lowest BCUT2D eigenvalue weighted by Crippen LogP contribution is -2.51. The van der Waals surface area contributed by atoms with Crippen LogP contribution in [0.25, 0.3) is 11.1 Å². The van der Waals surface area contributed by atoms with Crippen LogP contribution in [0.5, 0.6) is 0 Å². The highest BCUT2D eigenvalue weighted by Gasteiger charge is 2.51. The molecule has 0 N–H and O–H groups in total. The topological polar surface area (TPSA) is 0 Å². The standard InChI is InChI=1S/C44H60BF5Si2/c1-41(2,3)27-19-25(20-28(23-27)42(4,5)6)31-32(26-21-29(43(7,8)9)24-30(22-26)44(10,11)12)40(52(16,17)18)45(39(31)51(13,14)15)33-34(46)36(48)38(50)37(49)35(33)47/h19-24H,1-18H3. The average molecular weight is 751 g/mol. The molecule has 0 radical (unpaired) electrons. The molecule has 3 aromatic rings. The molecule has 4 rings (SSSR count). The lowest BCUT2D eigenvalue weighted by Gasteiger charge is -2.32. The second kappa shape index (κ2) is 13.2. The zero-order valence-corrected chi connectivity index (χ0v) is 36.9. The predicted octanol–water partition coefficient (Wildman–Crippen LogP) is 13.0. The Morgan fingerprint density at radius 2 is 0.615 bits per heavy atom. The number of halogens is 5. The molecule has 0 nitrogen and oxygen atoms in total. The lowest BCUT2D eigenvalue weighted by molar-refractivity contribution is 0.384. The Balaban J connectivity index is 2.46. The summed E-state index contributed by atoms with van der Waals surface area (Å²) in [5.74, 6) is -9.42. The second-order valence-corrected chi connectivity index (χ2v) is 31.2. The van der Waals surface area contributed by atoms with Crippen LogP contribution in [0.3, 0.4) is 0 Å². The van der Waals surface area contributed by atoms with E-state index in [1.54, 1.807) is 0 Å². The Kier molecular flexibility index (Phi) is 10.7. The molecule has 0 bridgehead atoms. The van der Waals surface area contributed by atoms with E-state index in [2.05, 4.69) is 159 Å². The molecule has 1 heterocycles. The molecule has 0 fully saturated rings. The largest absolute Gasteiger partial charge is 0.234 e. The van der Waals surface area contributed by atoms with E-state index < -0.39 is 57.4 Å². The van der Waals surface area contributed by atoms with Crippen molar-refractivity contribution in [3.8, 4) is 0 Å². The van der Waals surface area contributed by atoms with Crippen LogP contribution in [0, 0.1) is 29.1 Å². The van der Waals surface area contributed by atoms with Gasteiger partial charge in [-0.3, -0.25) is 0 Å². The first-order valence-electron chi connectivity index (χ1n) is 18.5. The van der Waals surface area contributed by atoms with Crippen molar-refractivity contribution in [1.29, 1.82) is 0 Å². The van der Waals surface area contributed by atoms with Gasteiger partial charge in [-0.2, -0.15) is 0 Å². The smallest absolute Gasteiger partial charge is 0.204 e. The van der Waals surface area contributed by atoms with Gasteiger partial charge in [-0.1, -0.05) is 169 Å². The Hall–Kier alpha value is -2.71. The molecule has 0 aromatic heterocycles. The molecule has 8 heteroatoms. The molecule has 1 aliphatic rings. The van der Waals surface area contributed by atoms with E-state index in [0.717, 1.165) is 54.7 Å². The summed E-state index contributed by atoms with van der Waals surface area (Å²) in [4.78, 5) is 0. The highest BCUT2D eigenvalue weighted by molar-refractivity contribution is 7.16. The van der Waals surface area contributed by atoms with Crippen LogP contribution in [0.2, 0.25) is 39.3 Å². The first kappa shape index (κ1) is 42.0. The molecule has 1 aliphatic heterocycles. The van der Waals surface area contributed by atoms with E-state index >= 15 is 17.6 Å². The Labute approximate surface area is 313 Å². The van der Waals surface area contributed by atoms with Crippen molar-refractivity contribution in [2.75, 3.05) is 0 Å². The van der Waals surface area contributed by atoms with Crippen LogP contribution < -0.4 is 5.46 Å². The molecule has 52 heavy (non-hydrogen) atoms. The van der Waals surface area contributed by atoms with Crippen molar-refractivity contribution in [3.63, 3.8) is 0 Å². The fraction of sp³-hybridized carbons (Fsp3) is 0.500. The van der Waals surface area contributed by atoms with E-state index in [4.69, 9.17) is 0 Å². The van der Waals surface area contributed by atoms with Crippen LogP contribution in [-0.2, 0) is 21.7 Å². The molecule has 0 unspecified atom stereocenters. The zero-order valence-electron chi connectivity index (χ0n) is 34.9. The molecule has 0 saturated heterocycles. The summed E-state index contributed by atoms with van der Waals surface area (Å²) in [7, 11) is -5.29. The monoisotopic (exact) mass is 750 g/mol. The van der Waals surface area contributed by atoms with Crippen molar-refractivity contribution in [1.82, 2.24) is 0 Å². The summed E-state index contributed by atoms with van der Waals surface area (Å²) < 4.78 is 78.1. The first-order chi connectivity index (χ1) is 23.2. The van der Waals surface area contributed by atoms with E-state index in [-0.39, 0.29) is 21.7 Å². The van der Waals surface area contributed by atoms with Crippen LogP contribution in [0.1, 0.15) is 116 Å². The number of benzene rings is 3. The van der Waals surface area contributed by atoms with Crippen LogP contribution in [0.15, 0.2) is 46.6 Å². The van der Waals surface area contributed by atoms with Gasteiger partial charge in [0.1, 0.15) is 0 Å². The number of hydrogen-bond acceptors (Lipinski definition) is 0. The van der Waals surface area contributed by atoms with Crippen molar-refractivity contribution < 1.29 is 22.0 Å². The summed E-state index contributed by atoms with van der Waals surface area (Å²) in [5.41, 5.74) is 6.42. The summed E-state index contributed by atoms with van der Waals surface area (Å²) in [6.07, 6.45) is 0. The van der Waals surface area contributed by atoms with Crippen LogP contribution in [-0.4, -0.2) is 22.9 Å². The average Bonchev–Trinajstić information content (AvgIpc) is 3.34. The van der Waals surface area contributed by atoms with Crippen molar-refractivity contribution in [2.24, 2.45) is 0 Å². The third-order valence-corrected chi connectivity index (χ3v) is 14.7. The van der Waals surface area contributed by atoms with Gasteiger partial charge in [0.15, 0.2) is 29.1 Å². The summed E-state index contributed by atoms with van der Waals surface area (Å²) in [6.45, 7) is 37.7. The summed E-state index contributed by atoms with van der Waals surface area (Å²) in [6, 6.07) is 13.3. The van der Waals surface area contributed by atoms with Crippen LogP contribution in [0.4, 0.5) is 22.0 Å². The van der Waals surface area contributed by atoms with Gasteiger partial charge in [-0.05, 0) is 66.2 Å². The van der Waals surface area contributed by atoms with Crippen LogP contribution >= 0.6 is 0 Å². The first-order valence-corrected chi connectivity index (χ1v) is 25.5. The highest BCUT2D eigenvalue weighted by atomic mass is 28.3. The molecule has 282 valence electrons. The van der Waals surface area contributed by atoms with Gasteiger partial charge in [0.05, 0.1) is 16.1 Å². The minimum absolute atomic E-state index is 0.230. The van der Waals surface area contributed by atoms with Gasteiger partial charge in [0.25, 0.3) is 0 Å². The molecule has 0 amide bonds. The predicted molar refractivity (Wildman–Crippen MR) is 220 cm³/mol. The summed E-state index contributed by atoms with van der Waals surface area (Å²) in [5, 5.41) is 1.60. The van der Waals surface area contributed by atoms with E-state index in [0.29, 0.717) is 0 Å². The maximum atomic E-state index is 16.4. The molecular weight excluding hydrogens is 690 g/mol. The third-order valence-electron chi connectivity index (χ3n) is 10.4. The van der Waals surface area contributed by atoms with E-state index in [1.165, 1.54) is 0 Å². The van der Waals surface area contributed by atoms with Crippen molar-refractivity contribution in [3.05, 3.63) is 109 Å². The van der Waals surface area contributed by atoms with E-state index in [1.807, 2.05) is 0 Å². The zero-order chi connectivity index (χ0) is 40.1. The quantitative estimate of drug-likeness (QED) is 0.105. The highest BCUT2D eigenvalue weighted by Crippen LogP contribution is 2.52. The van der Waals surface area contributed by atoms with Crippen molar-refractivity contribution >= 4 is 39.5 Å². The fourth-order valence-electron chi connectivity index (χ4n) is 7.36. The van der Waals surface area contributed by atoms with Gasteiger partial charge in [-0.25, -0.2) is 22.0 Å². The number of allylic oxidation sites excluding steroid dienone is 2. The van der Waals surface area contributed by atoms with Gasteiger partial charge in [0, 0.05) is 5.46 Å². The third kappa shape index (κ3) is 7.89. The van der Waals surface area contributed by atoms with Gasteiger partial charge >= 0.3 is 0 Å². The molecule has 3 aromatic carbocycles. The molecule has 0 saturated carbocycles.